The molecular formula is C20H15F2N3O2S. The number of fused-ring (bicyclic) bond motifs is 1. The minimum Gasteiger partial charge on any atom is -0.376 e. The van der Waals surface area contributed by atoms with Gasteiger partial charge in [-0.05, 0) is 43.2 Å². The summed E-state index contributed by atoms with van der Waals surface area (Å²) in [7, 11) is 0. The van der Waals surface area contributed by atoms with Crippen molar-refractivity contribution >= 4 is 32.6 Å². The average Bonchev–Trinajstić information content (AvgIpc) is 3.35. The Morgan fingerprint density at radius 1 is 1.32 bits per heavy atom. The molecule has 5 nitrogen and oxygen atoms in total. The molecule has 1 aliphatic heterocycles. The molecule has 1 unspecified atom stereocenters. The van der Waals surface area contributed by atoms with Gasteiger partial charge >= 0.3 is 0 Å². The summed E-state index contributed by atoms with van der Waals surface area (Å²) >= 11 is 1.05. The van der Waals surface area contributed by atoms with Gasteiger partial charge in [0.05, 0.1) is 29.0 Å². The topological polar surface area (TPSA) is 66.2 Å². The molecule has 1 fully saturated rings. The van der Waals surface area contributed by atoms with Crippen molar-refractivity contribution in [3.63, 3.8) is 0 Å². The molecule has 0 saturated carbocycles. The van der Waals surface area contributed by atoms with Crippen molar-refractivity contribution in [2.75, 3.05) is 18.1 Å². The number of ether oxygens (including phenoxy) is 1. The van der Waals surface area contributed by atoms with E-state index in [9.17, 15) is 13.6 Å². The lowest BCUT2D eigenvalue weighted by Gasteiger charge is -2.23. The Morgan fingerprint density at radius 3 is 2.79 bits per heavy atom. The summed E-state index contributed by atoms with van der Waals surface area (Å²) in [5.74, 6) is -1.79. The van der Waals surface area contributed by atoms with E-state index in [-0.39, 0.29) is 29.2 Å². The van der Waals surface area contributed by atoms with E-state index in [4.69, 9.17) is 10.00 Å². The smallest absolute Gasteiger partial charge is 0.260 e. The van der Waals surface area contributed by atoms with Crippen LogP contribution in [0.3, 0.4) is 0 Å². The highest BCUT2D eigenvalue weighted by Gasteiger charge is 2.27. The summed E-state index contributed by atoms with van der Waals surface area (Å²) in [4.78, 5) is 18.8. The summed E-state index contributed by atoms with van der Waals surface area (Å²) in [6.07, 6.45) is 1.57. The van der Waals surface area contributed by atoms with Gasteiger partial charge in [-0.15, -0.1) is 0 Å². The largest absolute Gasteiger partial charge is 0.376 e. The van der Waals surface area contributed by atoms with Gasteiger partial charge in [0.2, 0.25) is 0 Å². The molecule has 1 aromatic heterocycles. The normalized spacial score (nSPS) is 16.2. The Balaban J connectivity index is 1.73. The van der Waals surface area contributed by atoms with Crippen LogP contribution in [0.2, 0.25) is 0 Å². The van der Waals surface area contributed by atoms with E-state index in [1.165, 1.54) is 11.0 Å². The molecule has 0 spiro atoms. The van der Waals surface area contributed by atoms with Gasteiger partial charge in [-0.25, -0.2) is 13.8 Å². The standard InChI is InChI=1S/C20H15F2N3O2S/c21-14-8-16(22)18-17(9-14)28-20(24-18)25(11-15-2-1-7-27-15)19(26)13-5-3-12(10-23)4-6-13/h3-6,8-9,15H,1-2,7,11H2. The van der Waals surface area contributed by atoms with Gasteiger partial charge < -0.3 is 4.74 Å². The number of amides is 1. The van der Waals surface area contributed by atoms with Gasteiger partial charge in [0.15, 0.2) is 10.9 Å². The zero-order chi connectivity index (χ0) is 19.7. The first-order chi connectivity index (χ1) is 13.5. The van der Waals surface area contributed by atoms with Gasteiger partial charge in [0.25, 0.3) is 5.91 Å². The van der Waals surface area contributed by atoms with Crippen LogP contribution in [0.4, 0.5) is 13.9 Å². The average molecular weight is 399 g/mol. The summed E-state index contributed by atoms with van der Waals surface area (Å²) in [5, 5.41) is 9.22. The zero-order valence-corrected chi connectivity index (χ0v) is 15.5. The number of anilines is 1. The highest BCUT2D eigenvalue weighted by Crippen LogP contribution is 2.32. The second-order valence-corrected chi connectivity index (χ2v) is 7.48. The molecule has 28 heavy (non-hydrogen) atoms. The number of nitriles is 1. The number of rotatable bonds is 4. The number of carbonyl (C=O) groups is 1. The molecule has 1 atom stereocenters. The molecule has 0 N–H and O–H groups in total. The Labute approximate surface area is 163 Å². The highest BCUT2D eigenvalue weighted by molar-refractivity contribution is 7.22. The van der Waals surface area contributed by atoms with E-state index < -0.39 is 11.6 Å². The lowest BCUT2D eigenvalue weighted by atomic mass is 10.1. The number of thiazole rings is 1. The number of halogens is 2. The fraction of sp³-hybridized carbons (Fsp3) is 0.250. The van der Waals surface area contributed by atoms with Gasteiger partial charge in [0, 0.05) is 18.2 Å². The van der Waals surface area contributed by atoms with Crippen LogP contribution in [-0.2, 0) is 4.74 Å². The second-order valence-electron chi connectivity index (χ2n) is 6.47. The van der Waals surface area contributed by atoms with Crippen LogP contribution in [0, 0.1) is 23.0 Å². The lowest BCUT2D eigenvalue weighted by molar-refractivity contribution is 0.0917. The van der Waals surface area contributed by atoms with E-state index in [0.717, 1.165) is 30.2 Å². The molecule has 3 aromatic rings. The molecule has 8 heteroatoms. The Bertz CT molecular complexity index is 1070. The van der Waals surface area contributed by atoms with Crippen LogP contribution >= 0.6 is 11.3 Å². The molecule has 142 valence electrons. The van der Waals surface area contributed by atoms with Crippen LogP contribution in [0.1, 0.15) is 28.8 Å². The van der Waals surface area contributed by atoms with Crippen LogP contribution in [0.5, 0.6) is 0 Å². The maximum Gasteiger partial charge on any atom is 0.260 e. The molecule has 4 rings (SSSR count). The molecule has 0 radical (unpaired) electrons. The predicted molar refractivity (Wildman–Crippen MR) is 101 cm³/mol. The Kier molecular flexibility index (Phi) is 5.03. The highest BCUT2D eigenvalue weighted by atomic mass is 32.1. The molecule has 1 amide bonds. The SMILES string of the molecule is N#Cc1ccc(C(=O)N(CC2CCCO2)c2nc3c(F)cc(F)cc3s2)cc1. The number of hydrogen-bond acceptors (Lipinski definition) is 5. The molecule has 2 aromatic carbocycles. The van der Waals surface area contributed by atoms with Crippen molar-refractivity contribution < 1.29 is 18.3 Å². The summed E-state index contributed by atoms with van der Waals surface area (Å²) < 4.78 is 33.6. The first kappa shape index (κ1) is 18.5. The number of nitrogens with zero attached hydrogens (tertiary/aromatic N) is 3. The van der Waals surface area contributed by atoms with Gasteiger partial charge in [-0.2, -0.15) is 5.26 Å². The number of benzene rings is 2. The van der Waals surface area contributed by atoms with Crippen molar-refractivity contribution in [1.82, 2.24) is 4.98 Å². The Hall–Kier alpha value is -2.89. The third kappa shape index (κ3) is 3.59. The second kappa shape index (κ2) is 7.62. The van der Waals surface area contributed by atoms with Crippen molar-refractivity contribution in [1.29, 1.82) is 5.26 Å². The van der Waals surface area contributed by atoms with E-state index >= 15 is 0 Å². The summed E-state index contributed by atoms with van der Waals surface area (Å²) in [6.45, 7) is 0.895. The van der Waals surface area contributed by atoms with E-state index in [2.05, 4.69) is 4.98 Å². The van der Waals surface area contributed by atoms with Gasteiger partial charge in [-0.3, -0.25) is 9.69 Å². The minimum atomic E-state index is -0.764. The van der Waals surface area contributed by atoms with Crippen LogP contribution in [0.15, 0.2) is 36.4 Å². The molecular weight excluding hydrogens is 384 g/mol. The van der Waals surface area contributed by atoms with Gasteiger partial charge in [0.1, 0.15) is 11.3 Å². The fourth-order valence-corrected chi connectivity index (χ4v) is 4.16. The van der Waals surface area contributed by atoms with Crippen molar-refractivity contribution in [2.45, 2.75) is 18.9 Å². The zero-order valence-electron chi connectivity index (χ0n) is 14.7. The molecule has 0 aliphatic carbocycles. The number of aromatic nitrogens is 1. The molecule has 1 saturated heterocycles. The Morgan fingerprint density at radius 2 is 2.11 bits per heavy atom. The number of carbonyl (C=O) groups excluding carboxylic acids is 1. The third-order valence-electron chi connectivity index (χ3n) is 4.55. The first-order valence-electron chi connectivity index (χ1n) is 8.74. The molecule has 1 aliphatic rings. The van der Waals surface area contributed by atoms with Gasteiger partial charge in [-0.1, -0.05) is 11.3 Å². The number of hydrogen-bond donors (Lipinski definition) is 0. The minimum absolute atomic E-state index is 0.0337. The third-order valence-corrected chi connectivity index (χ3v) is 5.57. The van der Waals surface area contributed by atoms with Crippen LogP contribution in [-0.4, -0.2) is 30.1 Å². The predicted octanol–water partition coefficient (Wildman–Crippen LogP) is 4.27. The maximum atomic E-state index is 14.1. The van der Waals surface area contributed by atoms with E-state index in [0.29, 0.717) is 22.4 Å². The van der Waals surface area contributed by atoms with Crippen molar-refractivity contribution in [3.8, 4) is 6.07 Å². The van der Waals surface area contributed by atoms with E-state index in [1.807, 2.05) is 6.07 Å². The van der Waals surface area contributed by atoms with Crippen molar-refractivity contribution in [3.05, 3.63) is 59.2 Å². The van der Waals surface area contributed by atoms with Crippen LogP contribution < -0.4 is 4.90 Å². The summed E-state index contributed by atoms with van der Waals surface area (Å²) in [5.41, 5.74) is 0.856. The first-order valence-corrected chi connectivity index (χ1v) is 9.56. The quantitative estimate of drug-likeness (QED) is 0.657. The van der Waals surface area contributed by atoms with Crippen LogP contribution in [0.25, 0.3) is 10.2 Å². The van der Waals surface area contributed by atoms with Crippen molar-refractivity contribution in [2.24, 2.45) is 0 Å². The van der Waals surface area contributed by atoms with E-state index in [1.54, 1.807) is 24.3 Å². The summed E-state index contributed by atoms with van der Waals surface area (Å²) in [6, 6.07) is 10.2. The fourth-order valence-electron chi connectivity index (χ4n) is 3.14. The molecule has 0 bridgehead atoms. The monoisotopic (exact) mass is 399 g/mol. The lowest BCUT2D eigenvalue weighted by Crippen LogP contribution is -2.37. The maximum absolute atomic E-state index is 14.1. The molecule has 2 heterocycles.